The van der Waals surface area contributed by atoms with Crippen molar-refractivity contribution in [3.63, 3.8) is 0 Å². The van der Waals surface area contributed by atoms with Crippen molar-refractivity contribution >= 4 is 22.6 Å². The van der Waals surface area contributed by atoms with Gasteiger partial charge < -0.3 is 4.98 Å². The van der Waals surface area contributed by atoms with E-state index in [1.807, 2.05) is 0 Å². The van der Waals surface area contributed by atoms with E-state index >= 15 is 0 Å². The number of nitrogens with one attached hydrogen (secondary N) is 1. The van der Waals surface area contributed by atoms with Gasteiger partial charge in [0.1, 0.15) is 23.0 Å². The zero-order valence-corrected chi connectivity index (χ0v) is 9.80. The monoisotopic (exact) mass is 264 g/mol. The summed E-state index contributed by atoms with van der Waals surface area (Å²) in [4.78, 5) is 7.11. The smallest absolute Gasteiger partial charge is 0.141 e. The fraction of sp³-hybridized carbons (Fsp3) is 0. The minimum Gasteiger partial charge on any atom is -0.338 e. The van der Waals surface area contributed by atoms with Crippen LogP contribution in [0.25, 0.3) is 22.4 Å². The molecule has 0 aliphatic carbocycles. The fourth-order valence-corrected chi connectivity index (χ4v) is 2.02. The molecule has 90 valence electrons. The van der Waals surface area contributed by atoms with Gasteiger partial charge in [0.25, 0.3) is 0 Å². The number of H-pyrrole nitrogens is 1. The lowest BCUT2D eigenvalue weighted by molar-refractivity contribution is 0.602. The summed E-state index contributed by atoms with van der Waals surface area (Å²) in [6.45, 7) is 0. The van der Waals surface area contributed by atoms with Gasteiger partial charge >= 0.3 is 0 Å². The van der Waals surface area contributed by atoms with Gasteiger partial charge in [-0.25, -0.2) is 13.8 Å². The normalized spacial score (nSPS) is 11.1. The first kappa shape index (κ1) is 11.2. The van der Waals surface area contributed by atoms with Crippen LogP contribution < -0.4 is 0 Å². The molecule has 1 aromatic heterocycles. The molecule has 3 rings (SSSR count). The highest BCUT2D eigenvalue weighted by atomic mass is 35.5. The summed E-state index contributed by atoms with van der Waals surface area (Å²) >= 11 is 5.98. The van der Waals surface area contributed by atoms with Gasteiger partial charge in [-0.2, -0.15) is 0 Å². The first-order valence-corrected chi connectivity index (χ1v) is 5.62. The van der Waals surface area contributed by atoms with Gasteiger partial charge in [-0.05, 0) is 30.3 Å². The van der Waals surface area contributed by atoms with Crippen LogP contribution in [0.2, 0.25) is 5.02 Å². The van der Waals surface area contributed by atoms with Crippen molar-refractivity contribution in [2.24, 2.45) is 0 Å². The van der Waals surface area contributed by atoms with Crippen LogP contribution in [0.1, 0.15) is 0 Å². The molecular weight excluding hydrogens is 258 g/mol. The molecule has 0 saturated carbocycles. The van der Waals surface area contributed by atoms with Crippen molar-refractivity contribution in [3.05, 3.63) is 53.1 Å². The first-order valence-electron chi connectivity index (χ1n) is 5.25. The van der Waals surface area contributed by atoms with Crippen molar-refractivity contribution in [2.75, 3.05) is 0 Å². The molecule has 0 radical (unpaired) electrons. The van der Waals surface area contributed by atoms with E-state index in [1.54, 1.807) is 18.2 Å². The number of aromatic nitrogens is 2. The third-order valence-electron chi connectivity index (χ3n) is 2.65. The highest BCUT2D eigenvalue weighted by Crippen LogP contribution is 2.27. The van der Waals surface area contributed by atoms with Crippen molar-refractivity contribution < 1.29 is 8.78 Å². The molecule has 0 unspecified atom stereocenters. The molecule has 0 saturated heterocycles. The van der Waals surface area contributed by atoms with E-state index in [-0.39, 0.29) is 11.4 Å². The maximum Gasteiger partial charge on any atom is 0.141 e. The number of halogens is 3. The molecular formula is C13H7ClF2N2. The molecule has 0 bridgehead atoms. The minimum absolute atomic E-state index is 0.0854. The Labute approximate surface area is 106 Å². The SMILES string of the molecule is Fc1ccc(F)c(-c2nc3c(Cl)cccc3[nH]2)c1. The van der Waals surface area contributed by atoms with E-state index in [0.29, 0.717) is 16.1 Å². The lowest BCUT2D eigenvalue weighted by Gasteiger charge is -1.98. The number of benzene rings is 2. The Morgan fingerprint density at radius 3 is 2.72 bits per heavy atom. The Morgan fingerprint density at radius 2 is 1.94 bits per heavy atom. The third-order valence-corrected chi connectivity index (χ3v) is 2.95. The van der Waals surface area contributed by atoms with Crippen LogP contribution in [0, 0.1) is 11.6 Å². The number of fused-ring (bicyclic) bond motifs is 1. The average molecular weight is 265 g/mol. The highest BCUT2D eigenvalue weighted by molar-refractivity contribution is 6.34. The number of nitrogens with zero attached hydrogens (tertiary/aromatic N) is 1. The maximum atomic E-state index is 13.6. The van der Waals surface area contributed by atoms with E-state index in [0.717, 1.165) is 18.2 Å². The molecule has 2 aromatic carbocycles. The van der Waals surface area contributed by atoms with Gasteiger partial charge in [0, 0.05) is 0 Å². The van der Waals surface area contributed by atoms with Gasteiger partial charge in [0.15, 0.2) is 0 Å². The van der Waals surface area contributed by atoms with Crippen molar-refractivity contribution in [3.8, 4) is 11.4 Å². The zero-order valence-electron chi connectivity index (χ0n) is 9.05. The summed E-state index contributed by atoms with van der Waals surface area (Å²) in [7, 11) is 0. The molecule has 0 spiro atoms. The van der Waals surface area contributed by atoms with E-state index in [1.165, 1.54) is 0 Å². The Bertz CT molecular complexity index is 737. The second-order valence-electron chi connectivity index (χ2n) is 3.85. The van der Waals surface area contributed by atoms with Gasteiger partial charge in [0.2, 0.25) is 0 Å². The maximum absolute atomic E-state index is 13.6. The molecule has 0 amide bonds. The quantitative estimate of drug-likeness (QED) is 0.702. The molecule has 3 aromatic rings. The Balaban J connectivity index is 2.26. The van der Waals surface area contributed by atoms with Crippen LogP contribution in [0.5, 0.6) is 0 Å². The predicted octanol–water partition coefficient (Wildman–Crippen LogP) is 4.16. The molecule has 0 aliphatic heterocycles. The van der Waals surface area contributed by atoms with Gasteiger partial charge in [-0.3, -0.25) is 0 Å². The first-order chi connectivity index (χ1) is 8.65. The van der Waals surface area contributed by atoms with Gasteiger partial charge in [0.05, 0.1) is 16.1 Å². The van der Waals surface area contributed by atoms with E-state index < -0.39 is 11.6 Å². The second kappa shape index (κ2) is 4.07. The number of para-hydroxylation sites is 1. The van der Waals surface area contributed by atoms with Crippen LogP contribution in [0.4, 0.5) is 8.78 Å². The van der Waals surface area contributed by atoms with Crippen molar-refractivity contribution in [2.45, 2.75) is 0 Å². The van der Waals surface area contributed by atoms with Gasteiger partial charge in [-0.15, -0.1) is 0 Å². The zero-order chi connectivity index (χ0) is 12.7. The Hall–Kier alpha value is -1.94. The largest absolute Gasteiger partial charge is 0.338 e. The summed E-state index contributed by atoms with van der Waals surface area (Å²) in [5.74, 6) is -0.792. The number of hydrogen-bond donors (Lipinski definition) is 1. The van der Waals surface area contributed by atoms with E-state index in [2.05, 4.69) is 9.97 Å². The lowest BCUT2D eigenvalue weighted by Crippen LogP contribution is -1.87. The third kappa shape index (κ3) is 1.75. The standard InChI is InChI=1S/C13H7ClF2N2/c14-9-2-1-3-11-12(9)18-13(17-11)8-6-7(15)4-5-10(8)16/h1-6H,(H,17,18). The Kier molecular flexibility index (Phi) is 2.52. The van der Waals surface area contributed by atoms with Crippen molar-refractivity contribution in [1.82, 2.24) is 9.97 Å². The summed E-state index contributed by atoms with van der Waals surface area (Å²) in [6, 6.07) is 8.45. The summed E-state index contributed by atoms with van der Waals surface area (Å²) in [5, 5.41) is 0.465. The summed E-state index contributed by atoms with van der Waals surface area (Å²) < 4.78 is 26.8. The van der Waals surface area contributed by atoms with Crippen LogP contribution in [-0.2, 0) is 0 Å². The van der Waals surface area contributed by atoms with Crippen molar-refractivity contribution in [1.29, 1.82) is 0 Å². The average Bonchev–Trinajstić information content (AvgIpc) is 2.77. The minimum atomic E-state index is -0.536. The van der Waals surface area contributed by atoms with E-state index in [9.17, 15) is 8.78 Å². The molecule has 0 atom stereocenters. The number of rotatable bonds is 1. The molecule has 0 fully saturated rings. The topological polar surface area (TPSA) is 28.7 Å². The highest BCUT2D eigenvalue weighted by Gasteiger charge is 2.12. The summed E-state index contributed by atoms with van der Waals surface area (Å²) in [5.41, 5.74) is 1.31. The number of hydrogen-bond acceptors (Lipinski definition) is 1. The predicted molar refractivity (Wildman–Crippen MR) is 66.5 cm³/mol. The lowest BCUT2D eigenvalue weighted by atomic mass is 10.2. The van der Waals surface area contributed by atoms with Crippen LogP contribution in [0.3, 0.4) is 0 Å². The molecule has 2 nitrogen and oxygen atoms in total. The van der Waals surface area contributed by atoms with Crippen LogP contribution in [0.15, 0.2) is 36.4 Å². The summed E-state index contributed by atoms with van der Waals surface area (Å²) in [6.07, 6.45) is 0. The molecule has 5 heteroatoms. The fourth-order valence-electron chi connectivity index (χ4n) is 1.80. The number of aromatic amines is 1. The molecule has 18 heavy (non-hydrogen) atoms. The van der Waals surface area contributed by atoms with Gasteiger partial charge in [-0.1, -0.05) is 17.7 Å². The number of imidazole rings is 1. The second-order valence-corrected chi connectivity index (χ2v) is 4.25. The van der Waals surface area contributed by atoms with E-state index in [4.69, 9.17) is 11.6 Å². The molecule has 1 heterocycles. The Morgan fingerprint density at radius 1 is 1.11 bits per heavy atom. The van der Waals surface area contributed by atoms with Crippen LogP contribution in [-0.4, -0.2) is 9.97 Å². The molecule has 0 aliphatic rings. The molecule has 1 N–H and O–H groups in total. The van der Waals surface area contributed by atoms with Crippen LogP contribution >= 0.6 is 11.6 Å².